The number of aliphatic carboxylic acids is 1. The molecular formula is C27H28N2O6S. The summed E-state index contributed by atoms with van der Waals surface area (Å²) in [4.78, 5) is 11.8. The standard InChI is InChI=1S/C27H28N2O6S/c1-18(2)35-22-4-6-23(7-5-22)36(32,33)29-11-9-20(14-29)25-15-28(16-27(30)31)26-13-19(3-8-24(25)26)21-10-12-34-17-21/h3-8,10,12-13,15,17-18,20H,9,11,14,16H2,1-2H3,(H,30,31). The van der Waals surface area contributed by atoms with E-state index in [4.69, 9.17) is 9.15 Å². The van der Waals surface area contributed by atoms with Gasteiger partial charge in [-0.2, -0.15) is 4.31 Å². The lowest BCUT2D eigenvalue weighted by atomic mass is 9.97. The van der Waals surface area contributed by atoms with Crippen LogP contribution in [0.4, 0.5) is 0 Å². The summed E-state index contributed by atoms with van der Waals surface area (Å²) >= 11 is 0. The molecule has 1 unspecified atom stereocenters. The van der Waals surface area contributed by atoms with Crippen LogP contribution in [0.3, 0.4) is 0 Å². The zero-order valence-electron chi connectivity index (χ0n) is 20.1. The summed E-state index contributed by atoms with van der Waals surface area (Å²) in [6.07, 6.45) is 5.76. The molecule has 0 saturated carbocycles. The van der Waals surface area contributed by atoms with Crippen LogP contribution in [-0.4, -0.2) is 47.6 Å². The number of hydrogen-bond acceptors (Lipinski definition) is 5. The number of carbonyl (C=O) groups is 1. The molecule has 1 N–H and O–H groups in total. The van der Waals surface area contributed by atoms with Crippen molar-refractivity contribution in [3.63, 3.8) is 0 Å². The molecule has 36 heavy (non-hydrogen) atoms. The van der Waals surface area contributed by atoms with Crippen molar-refractivity contribution in [1.29, 1.82) is 0 Å². The van der Waals surface area contributed by atoms with E-state index < -0.39 is 16.0 Å². The van der Waals surface area contributed by atoms with E-state index in [-0.39, 0.29) is 23.5 Å². The first kappa shape index (κ1) is 24.1. The minimum atomic E-state index is -3.66. The van der Waals surface area contributed by atoms with Crippen LogP contribution in [0.5, 0.6) is 5.75 Å². The minimum Gasteiger partial charge on any atom is -0.491 e. The van der Waals surface area contributed by atoms with Gasteiger partial charge in [-0.1, -0.05) is 12.1 Å². The van der Waals surface area contributed by atoms with Crippen molar-refractivity contribution >= 4 is 26.9 Å². The Kier molecular flexibility index (Phi) is 6.36. The van der Waals surface area contributed by atoms with Crippen LogP contribution in [-0.2, 0) is 21.4 Å². The molecule has 0 spiro atoms. The lowest BCUT2D eigenvalue weighted by Gasteiger charge is -2.17. The normalized spacial score (nSPS) is 16.7. The Morgan fingerprint density at radius 3 is 2.58 bits per heavy atom. The number of carboxylic acids is 1. The number of ether oxygens (including phenoxy) is 1. The van der Waals surface area contributed by atoms with Crippen LogP contribution in [0, 0.1) is 0 Å². The third-order valence-corrected chi connectivity index (χ3v) is 8.38. The third kappa shape index (κ3) is 4.64. The molecule has 2 aromatic heterocycles. The zero-order chi connectivity index (χ0) is 25.4. The highest BCUT2D eigenvalue weighted by molar-refractivity contribution is 7.89. The average Bonchev–Trinajstić information content (AvgIpc) is 3.59. The van der Waals surface area contributed by atoms with E-state index in [0.717, 1.165) is 27.6 Å². The van der Waals surface area contributed by atoms with Gasteiger partial charge in [0.15, 0.2) is 0 Å². The van der Waals surface area contributed by atoms with Crippen LogP contribution in [0.2, 0.25) is 0 Å². The van der Waals surface area contributed by atoms with Gasteiger partial charge in [-0.3, -0.25) is 4.79 Å². The van der Waals surface area contributed by atoms with Gasteiger partial charge in [-0.15, -0.1) is 0 Å². The Balaban J connectivity index is 1.43. The first-order valence-electron chi connectivity index (χ1n) is 11.9. The summed E-state index contributed by atoms with van der Waals surface area (Å²) in [5.74, 6) is -0.349. The van der Waals surface area contributed by atoms with E-state index >= 15 is 0 Å². The topological polar surface area (TPSA) is 102 Å². The lowest BCUT2D eigenvalue weighted by molar-refractivity contribution is -0.137. The van der Waals surface area contributed by atoms with Gasteiger partial charge < -0.3 is 18.8 Å². The molecule has 8 nitrogen and oxygen atoms in total. The molecule has 1 saturated heterocycles. The second kappa shape index (κ2) is 9.48. The van der Waals surface area contributed by atoms with Gasteiger partial charge in [0, 0.05) is 41.7 Å². The summed E-state index contributed by atoms with van der Waals surface area (Å²) in [5.41, 5.74) is 3.59. The quantitative estimate of drug-likeness (QED) is 0.361. The predicted molar refractivity (Wildman–Crippen MR) is 136 cm³/mol. The number of furan rings is 1. The molecule has 1 atom stereocenters. The molecule has 0 radical (unpaired) electrons. The fraction of sp³-hybridized carbons (Fsp3) is 0.296. The Labute approximate surface area is 209 Å². The Morgan fingerprint density at radius 1 is 1.14 bits per heavy atom. The van der Waals surface area contributed by atoms with Crippen molar-refractivity contribution < 1.29 is 27.5 Å². The molecule has 1 fully saturated rings. The van der Waals surface area contributed by atoms with E-state index in [0.29, 0.717) is 25.3 Å². The number of carboxylic acid groups (broad SMARTS) is 1. The van der Waals surface area contributed by atoms with Gasteiger partial charge in [0.25, 0.3) is 0 Å². The van der Waals surface area contributed by atoms with Gasteiger partial charge in [-0.05, 0) is 67.8 Å². The SMILES string of the molecule is CC(C)Oc1ccc(S(=O)(=O)N2CCC(c3cn(CC(=O)O)c4cc(-c5ccoc5)ccc34)C2)cc1. The fourth-order valence-corrected chi connectivity index (χ4v) is 6.34. The van der Waals surface area contributed by atoms with Crippen molar-refractivity contribution in [3.05, 3.63) is 72.8 Å². The van der Waals surface area contributed by atoms with Crippen molar-refractivity contribution in [2.45, 2.75) is 43.7 Å². The molecule has 3 heterocycles. The second-order valence-electron chi connectivity index (χ2n) is 9.34. The minimum absolute atomic E-state index is 0.00539. The maximum absolute atomic E-state index is 13.3. The molecule has 188 valence electrons. The maximum Gasteiger partial charge on any atom is 0.323 e. The first-order chi connectivity index (χ1) is 17.2. The van der Waals surface area contributed by atoms with Crippen molar-refractivity contribution in [2.24, 2.45) is 0 Å². The number of sulfonamides is 1. The van der Waals surface area contributed by atoms with E-state index in [9.17, 15) is 18.3 Å². The van der Waals surface area contributed by atoms with Crippen molar-refractivity contribution in [2.75, 3.05) is 13.1 Å². The Bertz CT molecular complexity index is 1490. The number of benzene rings is 2. The van der Waals surface area contributed by atoms with Gasteiger partial charge in [0.2, 0.25) is 10.0 Å². The van der Waals surface area contributed by atoms with Crippen molar-refractivity contribution in [3.8, 4) is 16.9 Å². The zero-order valence-corrected chi connectivity index (χ0v) is 20.9. The molecule has 1 aliphatic heterocycles. The van der Waals surface area contributed by atoms with Crippen LogP contribution >= 0.6 is 0 Å². The van der Waals surface area contributed by atoms with Crippen LogP contribution in [0.15, 0.2) is 76.6 Å². The number of fused-ring (bicyclic) bond motifs is 1. The number of rotatable bonds is 8. The summed E-state index contributed by atoms with van der Waals surface area (Å²) in [5, 5.41) is 10.4. The van der Waals surface area contributed by atoms with E-state index in [1.54, 1.807) is 41.4 Å². The first-order valence-corrected chi connectivity index (χ1v) is 13.3. The molecule has 2 aromatic carbocycles. The highest BCUT2D eigenvalue weighted by atomic mass is 32.2. The molecule has 9 heteroatoms. The summed E-state index contributed by atoms with van der Waals surface area (Å²) in [6, 6.07) is 14.3. The molecule has 5 rings (SSSR count). The van der Waals surface area contributed by atoms with Crippen LogP contribution < -0.4 is 4.74 Å². The maximum atomic E-state index is 13.3. The van der Waals surface area contributed by atoms with Gasteiger partial charge in [0.1, 0.15) is 12.3 Å². The summed E-state index contributed by atoms with van der Waals surface area (Å²) in [6.45, 7) is 4.39. The third-order valence-electron chi connectivity index (χ3n) is 6.50. The summed E-state index contributed by atoms with van der Waals surface area (Å²) < 4.78 is 40.7. The number of nitrogens with zero attached hydrogens (tertiary/aromatic N) is 2. The molecule has 0 aliphatic carbocycles. The predicted octanol–water partition coefficient (Wildman–Crippen LogP) is 4.95. The van der Waals surface area contributed by atoms with Gasteiger partial charge in [0.05, 0.1) is 23.5 Å². The molecule has 4 aromatic rings. The Morgan fingerprint density at radius 2 is 1.92 bits per heavy atom. The van der Waals surface area contributed by atoms with Gasteiger partial charge in [-0.25, -0.2) is 8.42 Å². The van der Waals surface area contributed by atoms with E-state index in [1.807, 2.05) is 44.3 Å². The van der Waals surface area contributed by atoms with Crippen molar-refractivity contribution in [1.82, 2.24) is 8.87 Å². The molecule has 1 aliphatic rings. The lowest BCUT2D eigenvalue weighted by Crippen LogP contribution is -2.28. The number of aromatic nitrogens is 1. The van der Waals surface area contributed by atoms with Crippen LogP contribution in [0.25, 0.3) is 22.0 Å². The Hall–Kier alpha value is -3.56. The van der Waals surface area contributed by atoms with E-state index in [2.05, 4.69) is 0 Å². The molecule has 0 amide bonds. The van der Waals surface area contributed by atoms with Crippen LogP contribution in [0.1, 0.15) is 31.7 Å². The van der Waals surface area contributed by atoms with E-state index in [1.165, 1.54) is 4.31 Å². The van der Waals surface area contributed by atoms with Gasteiger partial charge >= 0.3 is 5.97 Å². The fourth-order valence-electron chi connectivity index (χ4n) is 4.84. The number of hydrogen-bond donors (Lipinski definition) is 1. The monoisotopic (exact) mass is 508 g/mol. The average molecular weight is 509 g/mol. The molecular weight excluding hydrogens is 480 g/mol. The smallest absolute Gasteiger partial charge is 0.323 e. The largest absolute Gasteiger partial charge is 0.491 e. The molecule has 0 bridgehead atoms. The highest BCUT2D eigenvalue weighted by Crippen LogP contribution is 2.37. The highest BCUT2D eigenvalue weighted by Gasteiger charge is 2.34. The summed E-state index contributed by atoms with van der Waals surface area (Å²) in [7, 11) is -3.66. The second-order valence-corrected chi connectivity index (χ2v) is 11.3.